The van der Waals surface area contributed by atoms with Crippen molar-refractivity contribution in [2.75, 3.05) is 13.2 Å². The van der Waals surface area contributed by atoms with E-state index in [1.807, 2.05) is 13.8 Å². The Kier molecular flexibility index (Phi) is 5.19. The number of hydrogen-bond acceptors (Lipinski definition) is 6. The summed E-state index contributed by atoms with van der Waals surface area (Å²) in [5, 5.41) is 24.5. The normalized spacial score (nSPS) is 10.5. The van der Waals surface area contributed by atoms with Gasteiger partial charge >= 0.3 is 5.69 Å². The van der Waals surface area contributed by atoms with E-state index in [2.05, 4.69) is 5.32 Å². The number of nitro benzene ring substituents is 2. The van der Waals surface area contributed by atoms with Gasteiger partial charge in [0.25, 0.3) is 5.69 Å². The largest absolute Gasteiger partial charge is 0.485 e. The van der Waals surface area contributed by atoms with E-state index in [0.29, 0.717) is 6.54 Å². The molecule has 19 heavy (non-hydrogen) atoms. The molecule has 0 aromatic heterocycles. The standard InChI is InChI=1S/C11H15N3O5/c1-8(2)12-5-6-19-11-4-3-9(13(15)16)7-10(11)14(17)18/h3-4,7-8,12H,5-6H2,1-2H3. The Hall–Kier alpha value is -2.22. The smallest absolute Gasteiger partial charge is 0.317 e. The van der Waals surface area contributed by atoms with Gasteiger partial charge < -0.3 is 10.1 Å². The average Bonchev–Trinajstić information content (AvgIpc) is 2.34. The molecule has 0 amide bonds. The van der Waals surface area contributed by atoms with Crippen molar-refractivity contribution in [2.45, 2.75) is 19.9 Å². The molecule has 0 heterocycles. The maximum absolute atomic E-state index is 10.8. The first-order valence-corrected chi connectivity index (χ1v) is 5.71. The second-order valence-electron chi connectivity index (χ2n) is 4.12. The third-order valence-corrected chi connectivity index (χ3v) is 2.26. The van der Waals surface area contributed by atoms with Crippen LogP contribution in [0.4, 0.5) is 11.4 Å². The van der Waals surface area contributed by atoms with Crippen molar-refractivity contribution in [1.82, 2.24) is 5.32 Å². The maximum atomic E-state index is 10.8. The summed E-state index contributed by atoms with van der Waals surface area (Å²) in [5.41, 5.74) is -0.738. The topological polar surface area (TPSA) is 108 Å². The van der Waals surface area contributed by atoms with Crippen LogP contribution in [0.15, 0.2) is 18.2 Å². The SMILES string of the molecule is CC(C)NCCOc1ccc([N+](=O)[O-])cc1[N+](=O)[O-]. The second kappa shape index (κ2) is 6.64. The quantitative estimate of drug-likeness (QED) is 0.460. The number of benzene rings is 1. The molecule has 0 saturated carbocycles. The lowest BCUT2D eigenvalue weighted by Crippen LogP contribution is -2.27. The summed E-state index contributed by atoms with van der Waals surface area (Å²) in [7, 11) is 0. The molecular formula is C11H15N3O5. The molecule has 8 nitrogen and oxygen atoms in total. The van der Waals surface area contributed by atoms with Crippen molar-refractivity contribution >= 4 is 11.4 Å². The van der Waals surface area contributed by atoms with Crippen LogP contribution in [0.25, 0.3) is 0 Å². The molecule has 0 aliphatic carbocycles. The highest BCUT2D eigenvalue weighted by atomic mass is 16.6. The van der Waals surface area contributed by atoms with Gasteiger partial charge in [0.2, 0.25) is 0 Å². The predicted octanol–water partition coefficient (Wildman–Crippen LogP) is 1.88. The first-order valence-electron chi connectivity index (χ1n) is 5.71. The number of non-ortho nitro benzene ring substituents is 1. The van der Waals surface area contributed by atoms with Crippen molar-refractivity contribution < 1.29 is 14.6 Å². The van der Waals surface area contributed by atoms with Crippen LogP contribution in [-0.2, 0) is 0 Å². The maximum Gasteiger partial charge on any atom is 0.317 e. The predicted molar refractivity (Wildman–Crippen MR) is 68.4 cm³/mol. The summed E-state index contributed by atoms with van der Waals surface area (Å²) >= 11 is 0. The molecule has 0 bridgehead atoms. The van der Waals surface area contributed by atoms with E-state index >= 15 is 0 Å². The highest BCUT2D eigenvalue weighted by Gasteiger charge is 2.20. The molecule has 0 saturated heterocycles. The summed E-state index contributed by atoms with van der Waals surface area (Å²) < 4.78 is 5.26. The highest BCUT2D eigenvalue weighted by molar-refractivity contribution is 5.53. The van der Waals surface area contributed by atoms with Gasteiger partial charge in [-0.05, 0) is 6.07 Å². The Morgan fingerprint density at radius 3 is 2.47 bits per heavy atom. The lowest BCUT2D eigenvalue weighted by atomic mass is 10.2. The van der Waals surface area contributed by atoms with E-state index in [-0.39, 0.29) is 24.1 Å². The minimum absolute atomic E-state index is 0.0288. The van der Waals surface area contributed by atoms with Crippen molar-refractivity contribution in [3.05, 3.63) is 38.4 Å². The molecule has 104 valence electrons. The van der Waals surface area contributed by atoms with E-state index in [1.54, 1.807) is 0 Å². The molecule has 0 unspecified atom stereocenters. The van der Waals surface area contributed by atoms with Crippen LogP contribution in [0, 0.1) is 20.2 Å². The van der Waals surface area contributed by atoms with E-state index in [0.717, 1.165) is 6.07 Å². The van der Waals surface area contributed by atoms with Crippen LogP contribution in [0.3, 0.4) is 0 Å². The molecule has 0 spiro atoms. The van der Waals surface area contributed by atoms with Gasteiger partial charge in [-0.25, -0.2) is 0 Å². The Bertz CT molecular complexity index is 475. The number of nitro groups is 2. The van der Waals surface area contributed by atoms with Gasteiger partial charge in [-0.3, -0.25) is 20.2 Å². The fraction of sp³-hybridized carbons (Fsp3) is 0.455. The van der Waals surface area contributed by atoms with E-state index < -0.39 is 15.5 Å². The molecular weight excluding hydrogens is 254 g/mol. The lowest BCUT2D eigenvalue weighted by Gasteiger charge is -2.09. The summed E-state index contributed by atoms with van der Waals surface area (Å²) in [6.45, 7) is 4.71. The lowest BCUT2D eigenvalue weighted by molar-refractivity contribution is -0.394. The Balaban J connectivity index is 2.77. The van der Waals surface area contributed by atoms with Gasteiger partial charge in [0.05, 0.1) is 15.9 Å². The van der Waals surface area contributed by atoms with Gasteiger partial charge in [0.1, 0.15) is 6.61 Å². The van der Waals surface area contributed by atoms with Crippen molar-refractivity contribution in [3.8, 4) is 5.75 Å². The van der Waals surface area contributed by atoms with Crippen LogP contribution in [0.5, 0.6) is 5.75 Å². The van der Waals surface area contributed by atoms with Gasteiger partial charge in [0, 0.05) is 18.7 Å². The molecule has 8 heteroatoms. The van der Waals surface area contributed by atoms with E-state index in [1.165, 1.54) is 12.1 Å². The van der Waals surface area contributed by atoms with Gasteiger partial charge in [-0.2, -0.15) is 0 Å². The number of rotatable bonds is 7. The molecule has 0 fully saturated rings. The number of hydrogen-bond donors (Lipinski definition) is 1. The van der Waals surface area contributed by atoms with Crippen molar-refractivity contribution in [1.29, 1.82) is 0 Å². The van der Waals surface area contributed by atoms with Gasteiger partial charge in [-0.15, -0.1) is 0 Å². The highest BCUT2D eigenvalue weighted by Crippen LogP contribution is 2.30. The Morgan fingerprint density at radius 1 is 1.26 bits per heavy atom. The summed E-state index contributed by atoms with van der Waals surface area (Å²) in [6, 6.07) is 3.60. The summed E-state index contributed by atoms with van der Waals surface area (Å²) in [4.78, 5) is 20.0. The van der Waals surface area contributed by atoms with Gasteiger partial charge in [0.15, 0.2) is 5.75 Å². The van der Waals surface area contributed by atoms with Gasteiger partial charge in [-0.1, -0.05) is 13.8 Å². The Morgan fingerprint density at radius 2 is 1.95 bits per heavy atom. The molecule has 0 aliphatic heterocycles. The minimum Gasteiger partial charge on any atom is -0.485 e. The van der Waals surface area contributed by atoms with E-state index in [9.17, 15) is 20.2 Å². The molecule has 1 rings (SSSR count). The minimum atomic E-state index is -0.696. The number of nitrogens with one attached hydrogen (secondary N) is 1. The molecule has 0 radical (unpaired) electrons. The second-order valence-corrected chi connectivity index (χ2v) is 4.12. The van der Waals surface area contributed by atoms with Crippen molar-refractivity contribution in [3.63, 3.8) is 0 Å². The Labute approximate surface area is 109 Å². The van der Waals surface area contributed by atoms with Crippen LogP contribution in [0.2, 0.25) is 0 Å². The first-order chi connectivity index (χ1) is 8.91. The zero-order chi connectivity index (χ0) is 14.4. The zero-order valence-electron chi connectivity index (χ0n) is 10.7. The molecule has 0 aliphatic rings. The monoisotopic (exact) mass is 269 g/mol. The third-order valence-electron chi connectivity index (χ3n) is 2.26. The van der Waals surface area contributed by atoms with Crippen LogP contribution >= 0.6 is 0 Å². The number of nitrogens with zero attached hydrogens (tertiary/aromatic N) is 2. The molecule has 1 N–H and O–H groups in total. The average molecular weight is 269 g/mol. The molecule has 1 aromatic carbocycles. The van der Waals surface area contributed by atoms with Crippen LogP contribution in [0.1, 0.15) is 13.8 Å². The molecule has 0 atom stereocenters. The first kappa shape index (κ1) is 14.8. The van der Waals surface area contributed by atoms with Crippen LogP contribution in [-0.4, -0.2) is 29.0 Å². The summed E-state index contributed by atoms with van der Waals surface area (Å²) in [6.07, 6.45) is 0. The number of ether oxygens (including phenoxy) is 1. The summed E-state index contributed by atoms with van der Waals surface area (Å²) in [5.74, 6) is 0.0288. The van der Waals surface area contributed by atoms with E-state index in [4.69, 9.17) is 4.74 Å². The van der Waals surface area contributed by atoms with Crippen LogP contribution < -0.4 is 10.1 Å². The fourth-order valence-electron chi connectivity index (χ4n) is 1.39. The molecule has 1 aromatic rings. The zero-order valence-corrected chi connectivity index (χ0v) is 10.7. The van der Waals surface area contributed by atoms with Crippen molar-refractivity contribution in [2.24, 2.45) is 0 Å². The third kappa shape index (κ3) is 4.51. The fourth-order valence-corrected chi connectivity index (χ4v) is 1.39.